The van der Waals surface area contributed by atoms with E-state index in [9.17, 15) is 9.59 Å². The van der Waals surface area contributed by atoms with Crippen molar-refractivity contribution in [2.24, 2.45) is 5.92 Å². The quantitative estimate of drug-likeness (QED) is 0.451. The molecule has 0 saturated carbocycles. The van der Waals surface area contributed by atoms with Crippen LogP contribution in [0.15, 0.2) is 84.9 Å². The Morgan fingerprint density at radius 3 is 2.00 bits per heavy atom. The van der Waals surface area contributed by atoms with Crippen molar-refractivity contribution in [1.29, 1.82) is 0 Å². The second kappa shape index (κ2) is 10.7. The molecule has 2 atom stereocenters. The fourth-order valence-corrected chi connectivity index (χ4v) is 5.00. The molecule has 1 N–H and O–H groups in total. The van der Waals surface area contributed by atoms with E-state index in [2.05, 4.69) is 48.6 Å². The van der Waals surface area contributed by atoms with Gasteiger partial charge in [0.2, 0.25) is 5.91 Å². The molecule has 176 valence electrons. The smallest absolute Gasteiger partial charge is 0.251 e. The van der Waals surface area contributed by atoms with Gasteiger partial charge in [0.1, 0.15) is 0 Å². The summed E-state index contributed by atoms with van der Waals surface area (Å²) in [5.74, 6) is -0.362. The number of hydrogen-bond acceptors (Lipinski definition) is 2. The van der Waals surface area contributed by atoms with E-state index in [1.807, 2.05) is 60.4 Å². The van der Waals surface area contributed by atoms with Gasteiger partial charge in [0.15, 0.2) is 0 Å². The van der Waals surface area contributed by atoms with Crippen LogP contribution in [0.5, 0.6) is 0 Å². The molecule has 1 aliphatic heterocycles. The normalized spacial score (nSPS) is 16.0. The van der Waals surface area contributed by atoms with E-state index in [1.54, 1.807) is 0 Å². The lowest BCUT2D eigenvalue weighted by Gasteiger charge is -2.40. The van der Waals surface area contributed by atoms with E-state index in [0.29, 0.717) is 12.0 Å². The molecule has 2 amide bonds. The molecule has 1 saturated heterocycles. The SMILES string of the molecule is CCC[C@H](C(=O)N1CCCC1)[C@](C)(NC(=O)c1ccccc1)c1ccc(-c2ccccc2)cc1. The van der Waals surface area contributed by atoms with Gasteiger partial charge in [-0.2, -0.15) is 0 Å². The number of nitrogens with zero attached hydrogens (tertiary/aromatic N) is 1. The number of benzene rings is 3. The first-order valence-electron chi connectivity index (χ1n) is 12.3. The maximum absolute atomic E-state index is 13.7. The molecule has 0 aliphatic carbocycles. The first-order valence-corrected chi connectivity index (χ1v) is 12.3. The standard InChI is InChI=1S/C30H34N2O2/c1-3-12-27(29(34)32-21-10-11-22-32)30(2,31-28(33)25-15-8-5-9-16-25)26-19-17-24(18-20-26)23-13-6-4-7-14-23/h4-9,13-20,27H,3,10-12,21-22H2,1-2H3,(H,31,33)/t27-,30-/m1/s1. The van der Waals surface area contributed by atoms with Crippen molar-refractivity contribution in [1.82, 2.24) is 10.2 Å². The Kier molecular flexibility index (Phi) is 7.46. The Morgan fingerprint density at radius 2 is 1.41 bits per heavy atom. The first-order chi connectivity index (χ1) is 16.5. The van der Waals surface area contributed by atoms with Crippen LogP contribution in [-0.2, 0) is 10.3 Å². The highest BCUT2D eigenvalue weighted by Gasteiger charge is 2.43. The molecule has 4 nitrogen and oxygen atoms in total. The van der Waals surface area contributed by atoms with Crippen molar-refractivity contribution >= 4 is 11.8 Å². The highest BCUT2D eigenvalue weighted by atomic mass is 16.2. The minimum Gasteiger partial charge on any atom is -0.342 e. The minimum absolute atomic E-state index is 0.141. The Morgan fingerprint density at radius 1 is 0.853 bits per heavy atom. The molecule has 4 heteroatoms. The van der Waals surface area contributed by atoms with Crippen LogP contribution in [0.2, 0.25) is 0 Å². The van der Waals surface area contributed by atoms with Crippen LogP contribution >= 0.6 is 0 Å². The zero-order chi connectivity index (χ0) is 24.0. The van der Waals surface area contributed by atoms with Crippen molar-refractivity contribution in [2.75, 3.05) is 13.1 Å². The number of rotatable bonds is 8. The van der Waals surface area contributed by atoms with Gasteiger partial charge in [0.05, 0.1) is 11.5 Å². The number of hydrogen-bond donors (Lipinski definition) is 1. The van der Waals surface area contributed by atoms with Crippen molar-refractivity contribution in [3.05, 3.63) is 96.1 Å². The van der Waals surface area contributed by atoms with E-state index in [1.165, 1.54) is 0 Å². The van der Waals surface area contributed by atoms with Gasteiger partial charge in [0.25, 0.3) is 5.91 Å². The predicted octanol–water partition coefficient (Wildman–Crippen LogP) is 6.04. The van der Waals surface area contributed by atoms with E-state index in [4.69, 9.17) is 0 Å². The molecule has 1 aliphatic rings. The molecule has 1 heterocycles. The molecule has 3 aromatic carbocycles. The average Bonchev–Trinajstić information content (AvgIpc) is 3.43. The maximum Gasteiger partial charge on any atom is 0.251 e. The summed E-state index contributed by atoms with van der Waals surface area (Å²) in [5, 5.41) is 3.29. The van der Waals surface area contributed by atoms with E-state index in [-0.39, 0.29) is 17.7 Å². The van der Waals surface area contributed by atoms with Gasteiger partial charge >= 0.3 is 0 Å². The number of amides is 2. The predicted molar refractivity (Wildman–Crippen MR) is 137 cm³/mol. The highest BCUT2D eigenvalue weighted by molar-refractivity contribution is 5.95. The fourth-order valence-electron chi connectivity index (χ4n) is 5.00. The van der Waals surface area contributed by atoms with Crippen LogP contribution < -0.4 is 5.32 Å². The van der Waals surface area contributed by atoms with E-state index < -0.39 is 5.54 Å². The zero-order valence-corrected chi connectivity index (χ0v) is 20.2. The third-order valence-electron chi connectivity index (χ3n) is 6.99. The number of carbonyl (C=O) groups excluding carboxylic acids is 2. The van der Waals surface area contributed by atoms with Crippen molar-refractivity contribution in [3.63, 3.8) is 0 Å². The summed E-state index contributed by atoms with van der Waals surface area (Å²) in [5.41, 5.74) is 2.96. The first kappa shape index (κ1) is 23.7. The molecule has 34 heavy (non-hydrogen) atoms. The molecule has 0 radical (unpaired) electrons. The molecule has 0 unspecified atom stereocenters. The van der Waals surface area contributed by atoms with Gasteiger partial charge in [-0.05, 0) is 55.0 Å². The molecule has 1 fully saturated rings. The second-order valence-corrected chi connectivity index (χ2v) is 9.34. The Hall–Kier alpha value is -3.40. The summed E-state index contributed by atoms with van der Waals surface area (Å²) in [6.07, 6.45) is 3.66. The molecule has 0 spiro atoms. The summed E-state index contributed by atoms with van der Waals surface area (Å²) in [6, 6.07) is 27.8. The van der Waals surface area contributed by atoms with Crippen molar-refractivity contribution in [2.45, 2.75) is 45.1 Å². The van der Waals surface area contributed by atoms with E-state index >= 15 is 0 Å². The lowest BCUT2D eigenvalue weighted by Crippen LogP contribution is -2.54. The lowest BCUT2D eigenvalue weighted by molar-refractivity contribution is -0.137. The van der Waals surface area contributed by atoms with Crippen LogP contribution in [-0.4, -0.2) is 29.8 Å². The summed E-state index contributed by atoms with van der Waals surface area (Å²) < 4.78 is 0. The summed E-state index contributed by atoms with van der Waals surface area (Å²) in [7, 11) is 0. The van der Waals surface area contributed by atoms with Crippen LogP contribution in [0.25, 0.3) is 11.1 Å². The largest absolute Gasteiger partial charge is 0.342 e. The van der Waals surface area contributed by atoms with Crippen LogP contribution in [0, 0.1) is 5.92 Å². The molecule has 3 aromatic rings. The third-order valence-corrected chi connectivity index (χ3v) is 6.99. The van der Waals surface area contributed by atoms with Crippen LogP contribution in [0.4, 0.5) is 0 Å². The summed E-state index contributed by atoms with van der Waals surface area (Å²) in [6.45, 7) is 5.71. The number of carbonyl (C=O) groups is 2. The topological polar surface area (TPSA) is 49.4 Å². The molecule has 4 rings (SSSR count). The Bertz CT molecular complexity index is 1090. The lowest BCUT2D eigenvalue weighted by atomic mass is 9.75. The Labute approximate surface area is 203 Å². The summed E-state index contributed by atoms with van der Waals surface area (Å²) >= 11 is 0. The molecule has 0 bridgehead atoms. The van der Waals surface area contributed by atoms with Crippen LogP contribution in [0.3, 0.4) is 0 Å². The van der Waals surface area contributed by atoms with Crippen molar-refractivity contribution in [3.8, 4) is 11.1 Å². The van der Waals surface area contributed by atoms with Gasteiger partial charge in [-0.1, -0.05) is 86.1 Å². The fraction of sp³-hybridized carbons (Fsp3) is 0.333. The van der Waals surface area contributed by atoms with Crippen molar-refractivity contribution < 1.29 is 9.59 Å². The number of nitrogens with one attached hydrogen (secondary N) is 1. The van der Waals surface area contributed by atoms with Gasteiger partial charge in [-0.25, -0.2) is 0 Å². The van der Waals surface area contributed by atoms with Gasteiger partial charge < -0.3 is 10.2 Å². The Balaban J connectivity index is 1.73. The highest BCUT2D eigenvalue weighted by Crippen LogP contribution is 2.36. The number of likely N-dealkylation sites (tertiary alicyclic amines) is 1. The molecular formula is C30H34N2O2. The van der Waals surface area contributed by atoms with Gasteiger partial charge in [0, 0.05) is 18.7 Å². The van der Waals surface area contributed by atoms with Crippen LogP contribution in [0.1, 0.15) is 55.5 Å². The third kappa shape index (κ3) is 5.06. The maximum atomic E-state index is 13.7. The monoisotopic (exact) mass is 454 g/mol. The van der Waals surface area contributed by atoms with Gasteiger partial charge in [-0.3, -0.25) is 9.59 Å². The minimum atomic E-state index is -0.835. The second-order valence-electron chi connectivity index (χ2n) is 9.34. The molecular weight excluding hydrogens is 420 g/mol. The summed E-state index contributed by atoms with van der Waals surface area (Å²) in [4.78, 5) is 29.1. The van der Waals surface area contributed by atoms with E-state index in [0.717, 1.165) is 49.0 Å². The average molecular weight is 455 g/mol. The van der Waals surface area contributed by atoms with Gasteiger partial charge in [-0.15, -0.1) is 0 Å². The zero-order valence-electron chi connectivity index (χ0n) is 20.2. The molecule has 0 aromatic heterocycles.